The first-order chi connectivity index (χ1) is 5.56. The Hall–Kier alpha value is -0.530. The molecule has 2 heteroatoms. The first-order valence-corrected chi connectivity index (χ1v) is 4.33. The SMILES string of the molecule is Cc1cccc(C(C)(C)CN)c1.Cl. The van der Waals surface area contributed by atoms with Crippen molar-refractivity contribution < 1.29 is 0 Å². The molecule has 1 rings (SSSR count). The molecule has 0 aliphatic carbocycles. The zero-order valence-corrected chi connectivity index (χ0v) is 9.32. The van der Waals surface area contributed by atoms with E-state index in [1.807, 2.05) is 0 Å². The van der Waals surface area contributed by atoms with Crippen LogP contribution in [0.15, 0.2) is 24.3 Å². The zero-order chi connectivity index (χ0) is 9.19. The lowest BCUT2D eigenvalue weighted by Gasteiger charge is -2.23. The molecule has 0 saturated heterocycles. The van der Waals surface area contributed by atoms with Gasteiger partial charge in [0.25, 0.3) is 0 Å². The van der Waals surface area contributed by atoms with Gasteiger partial charge in [0.1, 0.15) is 0 Å². The summed E-state index contributed by atoms with van der Waals surface area (Å²) in [5.74, 6) is 0. The Bertz CT molecular complexity index is 269. The van der Waals surface area contributed by atoms with Crippen LogP contribution in [-0.2, 0) is 5.41 Å². The molecule has 0 amide bonds. The van der Waals surface area contributed by atoms with Gasteiger partial charge in [-0.05, 0) is 12.5 Å². The summed E-state index contributed by atoms with van der Waals surface area (Å²) in [6.07, 6.45) is 0. The predicted octanol–water partition coefficient (Wildman–Crippen LogP) is 2.65. The predicted molar refractivity (Wildman–Crippen MR) is 60.5 cm³/mol. The highest BCUT2D eigenvalue weighted by molar-refractivity contribution is 5.85. The molecule has 0 atom stereocenters. The van der Waals surface area contributed by atoms with Gasteiger partial charge in [0, 0.05) is 12.0 Å². The largest absolute Gasteiger partial charge is 0.330 e. The van der Waals surface area contributed by atoms with Crippen LogP contribution in [0.3, 0.4) is 0 Å². The number of benzene rings is 1. The molecule has 0 aromatic heterocycles. The summed E-state index contributed by atoms with van der Waals surface area (Å²) in [4.78, 5) is 0. The van der Waals surface area contributed by atoms with Gasteiger partial charge in [-0.3, -0.25) is 0 Å². The minimum Gasteiger partial charge on any atom is -0.330 e. The molecule has 13 heavy (non-hydrogen) atoms. The van der Waals surface area contributed by atoms with Crippen molar-refractivity contribution in [3.05, 3.63) is 35.4 Å². The lowest BCUT2D eigenvalue weighted by Crippen LogP contribution is -2.27. The molecule has 0 aliphatic heterocycles. The van der Waals surface area contributed by atoms with Crippen LogP contribution in [0.1, 0.15) is 25.0 Å². The molecule has 0 heterocycles. The first kappa shape index (κ1) is 12.5. The quantitative estimate of drug-likeness (QED) is 0.779. The van der Waals surface area contributed by atoms with Gasteiger partial charge in [-0.2, -0.15) is 0 Å². The Morgan fingerprint density at radius 1 is 1.31 bits per heavy atom. The van der Waals surface area contributed by atoms with E-state index in [0.29, 0.717) is 6.54 Å². The van der Waals surface area contributed by atoms with Crippen molar-refractivity contribution in [1.29, 1.82) is 0 Å². The van der Waals surface area contributed by atoms with E-state index in [1.54, 1.807) is 0 Å². The van der Waals surface area contributed by atoms with Crippen molar-refractivity contribution in [3.63, 3.8) is 0 Å². The maximum atomic E-state index is 5.69. The molecule has 1 nitrogen and oxygen atoms in total. The second-order valence-electron chi connectivity index (χ2n) is 3.96. The third kappa shape index (κ3) is 3.02. The van der Waals surface area contributed by atoms with E-state index >= 15 is 0 Å². The summed E-state index contributed by atoms with van der Waals surface area (Å²) in [5.41, 5.74) is 8.42. The van der Waals surface area contributed by atoms with Crippen LogP contribution in [0, 0.1) is 6.92 Å². The molecule has 0 spiro atoms. The number of hydrogen-bond acceptors (Lipinski definition) is 1. The standard InChI is InChI=1S/C11H17N.ClH/c1-9-5-4-6-10(7-9)11(2,3)8-12;/h4-7H,8,12H2,1-3H3;1H. The van der Waals surface area contributed by atoms with E-state index in [0.717, 1.165) is 0 Å². The van der Waals surface area contributed by atoms with Crippen molar-refractivity contribution in [2.24, 2.45) is 5.73 Å². The van der Waals surface area contributed by atoms with Crippen molar-refractivity contribution in [2.75, 3.05) is 6.54 Å². The molecular formula is C11H18ClN. The van der Waals surface area contributed by atoms with E-state index in [9.17, 15) is 0 Å². The molecule has 2 N–H and O–H groups in total. The normalized spacial score (nSPS) is 10.8. The highest BCUT2D eigenvalue weighted by Crippen LogP contribution is 2.21. The second kappa shape index (κ2) is 4.64. The van der Waals surface area contributed by atoms with Gasteiger partial charge in [-0.15, -0.1) is 12.4 Å². The molecule has 0 aliphatic rings. The van der Waals surface area contributed by atoms with Gasteiger partial charge >= 0.3 is 0 Å². The van der Waals surface area contributed by atoms with E-state index in [1.165, 1.54) is 11.1 Å². The van der Waals surface area contributed by atoms with Crippen LogP contribution in [0.2, 0.25) is 0 Å². The lowest BCUT2D eigenvalue weighted by molar-refractivity contribution is 0.538. The highest BCUT2D eigenvalue weighted by Gasteiger charge is 2.17. The van der Waals surface area contributed by atoms with E-state index in [2.05, 4.69) is 45.0 Å². The molecule has 0 bridgehead atoms. The van der Waals surface area contributed by atoms with Gasteiger partial charge in [0.2, 0.25) is 0 Å². The maximum Gasteiger partial charge on any atom is 0.00191 e. The summed E-state index contributed by atoms with van der Waals surface area (Å²) >= 11 is 0. The topological polar surface area (TPSA) is 26.0 Å². The minimum absolute atomic E-state index is 0. The molecule has 0 radical (unpaired) electrons. The van der Waals surface area contributed by atoms with Gasteiger partial charge < -0.3 is 5.73 Å². The van der Waals surface area contributed by atoms with Crippen LogP contribution >= 0.6 is 12.4 Å². The smallest absolute Gasteiger partial charge is 0.00191 e. The fourth-order valence-electron chi connectivity index (χ4n) is 1.18. The summed E-state index contributed by atoms with van der Waals surface area (Å²) < 4.78 is 0. The van der Waals surface area contributed by atoms with Crippen LogP contribution in [0.4, 0.5) is 0 Å². The van der Waals surface area contributed by atoms with Crippen molar-refractivity contribution in [3.8, 4) is 0 Å². The number of hydrogen-bond donors (Lipinski definition) is 1. The van der Waals surface area contributed by atoms with E-state index < -0.39 is 0 Å². The van der Waals surface area contributed by atoms with Crippen LogP contribution in [-0.4, -0.2) is 6.54 Å². The van der Waals surface area contributed by atoms with Crippen LogP contribution in [0.5, 0.6) is 0 Å². The summed E-state index contributed by atoms with van der Waals surface area (Å²) in [5, 5.41) is 0. The third-order valence-electron chi connectivity index (χ3n) is 2.31. The fraction of sp³-hybridized carbons (Fsp3) is 0.455. The Labute approximate surface area is 86.7 Å². The average molecular weight is 200 g/mol. The van der Waals surface area contributed by atoms with Crippen LogP contribution < -0.4 is 5.73 Å². The van der Waals surface area contributed by atoms with Gasteiger partial charge in [-0.1, -0.05) is 43.7 Å². The van der Waals surface area contributed by atoms with Crippen LogP contribution in [0.25, 0.3) is 0 Å². The Morgan fingerprint density at radius 3 is 2.38 bits per heavy atom. The lowest BCUT2D eigenvalue weighted by atomic mass is 9.84. The summed E-state index contributed by atoms with van der Waals surface area (Å²) in [6, 6.07) is 8.53. The summed E-state index contributed by atoms with van der Waals surface area (Å²) in [6.45, 7) is 7.14. The highest BCUT2D eigenvalue weighted by atomic mass is 35.5. The van der Waals surface area contributed by atoms with Gasteiger partial charge in [0.15, 0.2) is 0 Å². The van der Waals surface area contributed by atoms with Crippen molar-refractivity contribution in [1.82, 2.24) is 0 Å². The second-order valence-corrected chi connectivity index (χ2v) is 3.96. The number of nitrogens with two attached hydrogens (primary N) is 1. The van der Waals surface area contributed by atoms with E-state index in [4.69, 9.17) is 5.73 Å². The van der Waals surface area contributed by atoms with Crippen molar-refractivity contribution in [2.45, 2.75) is 26.2 Å². The number of aryl methyl sites for hydroxylation is 1. The molecule has 0 unspecified atom stereocenters. The zero-order valence-electron chi connectivity index (χ0n) is 8.50. The van der Waals surface area contributed by atoms with Gasteiger partial charge in [-0.25, -0.2) is 0 Å². The number of rotatable bonds is 2. The van der Waals surface area contributed by atoms with Gasteiger partial charge in [0.05, 0.1) is 0 Å². The van der Waals surface area contributed by atoms with E-state index in [-0.39, 0.29) is 17.8 Å². The number of halogens is 1. The first-order valence-electron chi connectivity index (χ1n) is 4.33. The monoisotopic (exact) mass is 199 g/mol. The molecular weight excluding hydrogens is 182 g/mol. The summed E-state index contributed by atoms with van der Waals surface area (Å²) in [7, 11) is 0. The molecule has 1 aromatic rings. The Kier molecular flexibility index (Phi) is 4.45. The van der Waals surface area contributed by atoms with Crippen molar-refractivity contribution >= 4 is 12.4 Å². The molecule has 0 saturated carbocycles. The fourth-order valence-corrected chi connectivity index (χ4v) is 1.18. The Balaban J connectivity index is 0.00000144. The molecule has 0 fully saturated rings. The third-order valence-corrected chi connectivity index (χ3v) is 2.31. The average Bonchev–Trinajstić information content (AvgIpc) is 2.05. The molecule has 74 valence electrons. The molecule has 1 aromatic carbocycles. The maximum absolute atomic E-state index is 5.69. The minimum atomic E-state index is 0. The Morgan fingerprint density at radius 2 is 1.92 bits per heavy atom.